The lowest BCUT2D eigenvalue weighted by atomic mass is 10.1. The molecule has 0 bridgehead atoms. The summed E-state index contributed by atoms with van der Waals surface area (Å²) in [4.78, 5) is 111. The number of phosphoric acid groups is 4. The second-order valence-corrected chi connectivity index (χ2v) is 20.9. The van der Waals surface area contributed by atoms with Crippen LogP contribution in [0.4, 0.5) is 0 Å². The van der Waals surface area contributed by atoms with E-state index in [2.05, 4.69) is 44.4 Å². The number of nitrogens with zero attached hydrogens (tertiary/aromatic N) is 2. The molecule has 0 aromatic carbocycles. The Balaban J connectivity index is 1.06. The molecule has 2 fully saturated rings. The van der Waals surface area contributed by atoms with E-state index in [0.717, 1.165) is 41.0 Å². The molecule has 2 aromatic heterocycles. The number of nitrogens with one attached hydrogen (secondary N) is 3. The number of hydrogen-bond acceptors (Lipinski definition) is 18. The van der Waals surface area contributed by atoms with Gasteiger partial charge in [0.1, 0.15) is 24.7 Å². The number of aliphatic hydroxyl groups excluding tert-OH is 2. The van der Waals surface area contributed by atoms with Crippen LogP contribution in [0.1, 0.15) is 82.2 Å². The van der Waals surface area contributed by atoms with Crippen molar-refractivity contribution < 1.29 is 89.4 Å². The average molecular weight is 1060 g/mol. The van der Waals surface area contributed by atoms with Crippen molar-refractivity contribution in [3.8, 4) is 0 Å². The van der Waals surface area contributed by atoms with Crippen LogP contribution in [0, 0.1) is 0 Å². The van der Waals surface area contributed by atoms with Crippen molar-refractivity contribution in [2.75, 3.05) is 26.4 Å². The van der Waals surface area contributed by atoms with Crippen molar-refractivity contribution in [1.82, 2.24) is 24.4 Å². The Morgan fingerprint density at radius 2 is 1.25 bits per heavy atom. The van der Waals surface area contributed by atoms with Gasteiger partial charge >= 0.3 is 42.7 Å². The number of phosphoric ester groups is 2. The largest absolute Gasteiger partial charge is 0.490 e. The quantitative estimate of drug-likeness (QED) is 0.0461. The second kappa shape index (κ2) is 23.9. The van der Waals surface area contributed by atoms with Gasteiger partial charge in [0, 0.05) is 38.2 Å². The minimum atomic E-state index is -5.78. The van der Waals surface area contributed by atoms with E-state index < -0.39 is 104 Å². The molecule has 2 aliphatic rings. The van der Waals surface area contributed by atoms with E-state index in [1.54, 1.807) is 0 Å². The zero-order chi connectivity index (χ0) is 47.5. The second-order valence-electron chi connectivity index (χ2n) is 14.2. The Labute approximate surface area is 369 Å². The summed E-state index contributed by atoms with van der Waals surface area (Å²) in [5.74, 6) is -0.252. The fourth-order valence-corrected chi connectivity index (χ4v) is 10.3. The van der Waals surface area contributed by atoms with E-state index >= 15 is 0 Å². The van der Waals surface area contributed by atoms with Crippen LogP contribution in [0.15, 0.2) is 42.1 Å². The lowest BCUT2D eigenvalue weighted by Crippen LogP contribution is -2.33. The number of unbranched alkanes of at least 4 members (excludes halogenated alkanes) is 6. The zero-order valence-electron chi connectivity index (χ0n) is 33.4. The highest BCUT2D eigenvalue weighted by Gasteiger charge is 2.43. The van der Waals surface area contributed by atoms with Crippen molar-refractivity contribution in [3.63, 3.8) is 0 Å². The van der Waals surface area contributed by atoms with Crippen LogP contribution in [-0.2, 0) is 54.7 Å². The summed E-state index contributed by atoms with van der Waals surface area (Å²) in [6.07, 6.45) is 2.79. The van der Waals surface area contributed by atoms with Crippen LogP contribution >= 0.6 is 47.2 Å². The molecule has 9 unspecified atom stereocenters. The summed E-state index contributed by atoms with van der Waals surface area (Å²) >= 11 is 3.02. The highest BCUT2D eigenvalue weighted by atomic mass is 79.9. The van der Waals surface area contributed by atoms with Gasteiger partial charge in [0.05, 0.1) is 42.1 Å². The Morgan fingerprint density at radius 1 is 0.734 bits per heavy atom. The minimum Gasteiger partial charge on any atom is -0.390 e. The molecule has 10 N–H and O–H groups in total. The summed E-state index contributed by atoms with van der Waals surface area (Å²) in [6.45, 7) is -1.49. The molecule has 0 saturated carbocycles. The third kappa shape index (κ3) is 17.9. The first-order valence-corrected chi connectivity index (χ1v) is 26.0. The molecule has 4 rings (SSSR count). The first-order chi connectivity index (χ1) is 29.8. The number of aromatic nitrogens is 4. The van der Waals surface area contributed by atoms with E-state index in [9.17, 15) is 67.1 Å². The number of aromatic amines is 2. The van der Waals surface area contributed by atoms with Gasteiger partial charge in [0.25, 0.3) is 11.1 Å². The van der Waals surface area contributed by atoms with E-state index in [0.29, 0.717) is 19.3 Å². The Hall–Kier alpha value is -2.59. The number of aliphatic hydroxyl groups is 2. The van der Waals surface area contributed by atoms with Gasteiger partial charge in [-0.3, -0.25) is 47.1 Å². The predicted octanol–water partition coefficient (Wildman–Crippen LogP) is 0.873. The van der Waals surface area contributed by atoms with Gasteiger partial charge < -0.3 is 49.5 Å². The monoisotopic (exact) mass is 1060 g/mol. The molecule has 0 radical (unpaired) electrons. The SMILES string of the molecule is O=C(CCCCCCCCCOP(=O)(O)OCC1OC(n2cc(Br)c(=O)[nH]c2=O)CC1O)NC/C=C/c1cn(C2CC(O)C(COP(=O)(O)OP(=O)(O)OP(=O)(O)O)O2)c(=O)[nH]c1=O. The smallest absolute Gasteiger partial charge is 0.390 e. The first kappa shape index (κ1) is 54.0. The van der Waals surface area contributed by atoms with Gasteiger partial charge in [-0.25, -0.2) is 27.8 Å². The van der Waals surface area contributed by atoms with Gasteiger partial charge in [-0.05, 0) is 28.8 Å². The highest BCUT2D eigenvalue weighted by molar-refractivity contribution is 9.10. The fourth-order valence-electron chi connectivity index (χ4n) is 6.15. The summed E-state index contributed by atoms with van der Waals surface area (Å²) in [7, 11) is -21.4. The summed E-state index contributed by atoms with van der Waals surface area (Å²) < 4.78 is 81.5. The van der Waals surface area contributed by atoms with Gasteiger partial charge in [0.2, 0.25) is 5.91 Å². The number of carbonyl (C=O) groups excluding carboxylic acids is 1. The van der Waals surface area contributed by atoms with Crippen molar-refractivity contribution in [2.45, 2.75) is 101 Å². The standard InChI is InChI=1S/C31H48BrN5O23P4/c32-20-16-37(31(44)35-29(20)42)27-14-22(39)23(58-27)17-55-62(48,49)54-12-7-5-3-1-2-4-6-10-25(40)33-11-8-9-19-15-36(30(43)34-28(19)41)26-13-21(38)24(57-26)18-56-63(50,51)60-64(52,53)59-61(45,46)47/h8-9,15-16,21-24,26-27,38-39H,1-7,10-14,17-18H2,(H,33,40)(H,48,49)(H,50,51)(H,52,53)(H,34,41,43)(H,35,42,44)(H2,45,46,47)/b9-8+. The number of carbonyl (C=O) groups is 1. The van der Waals surface area contributed by atoms with Crippen LogP contribution in [0.25, 0.3) is 6.08 Å². The molecule has 2 saturated heterocycles. The Morgan fingerprint density at radius 3 is 1.83 bits per heavy atom. The van der Waals surface area contributed by atoms with Gasteiger partial charge in [-0.15, -0.1) is 0 Å². The molecule has 9 atom stereocenters. The first-order valence-electron chi connectivity index (χ1n) is 19.2. The highest BCUT2D eigenvalue weighted by Crippen LogP contribution is 2.66. The Bertz CT molecular complexity index is 2390. The third-order valence-electron chi connectivity index (χ3n) is 9.19. The maximum Gasteiger partial charge on any atom is 0.490 e. The van der Waals surface area contributed by atoms with Gasteiger partial charge in [0.15, 0.2) is 0 Å². The molecule has 362 valence electrons. The summed E-state index contributed by atoms with van der Waals surface area (Å²) in [6, 6.07) is 0. The fraction of sp³-hybridized carbons (Fsp3) is 0.645. The average Bonchev–Trinajstić information content (AvgIpc) is 3.73. The van der Waals surface area contributed by atoms with Crippen molar-refractivity contribution in [3.05, 3.63) is 70.2 Å². The molecule has 33 heteroatoms. The molecule has 4 heterocycles. The molecule has 0 aliphatic carbocycles. The lowest BCUT2D eigenvalue weighted by molar-refractivity contribution is -0.121. The molecule has 2 aliphatic heterocycles. The molecular weight excluding hydrogens is 1010 g/mol. The van der Waals surface area contributed by atoms with Crippen molar-refractivity contribution >= 4 is 59.2 Å². The van der Waals surface area contributed by atoms with E-state index in [-0.39, 0.29) is 48.4 Å². The normalized spacial score (nSPS) is 24.4. The summed E-state index contributed by atoms with van der Waals surface area (Å²) in [5.41, 5.74) is -3.16. The predicted molar refractivity (Wildman–Crippen MR) is 220 cm³/mol. The van der Waals surface area contributed by atoms with E-state index in [4.69, 9.17) is 28.3 Å². The van der Waals surface area contributed by atoms with E-state index in [1.807, 2.05) is 0 Å². The topological polar surface area (TPSA) is 413 Å². The maximum atomic E-state index is 12.5. The van der Waals surface area contributed by atoms with Crippen LogP contribution < -0.4 is 27.8 Å². The Kier molecular flexibility index (Phi) is 20.2. The number of halogens is 1. The maximum absolute atomic E-state index is 12.5. The molecule has 2 aromatic rings. The minimum absolute atomic E-state index is 0.0301. The number of rotatable bonds is 26. The van der Waals surface area contributed by atoms with Crippen LogP contribution in [0.2, 0.25) is 0 Å². The number of hydrogen-bond donors (Lipinski definition) is 10. The van der Waals surface area contributed by atoms with Crippen molar-refractivity contribution in [2.24, 2.45) is 0 Å². The third-order valence-corrected chi connectivity index (χ3v) is 14.5. The number of ether oxygens (including phenoxy) is 2. The molecule has 0 spiro atoms. The van der Waals surface area contributed by atoms with Crippen LogP contribution in [0.3, 0.4) is 0 Å². The molecule has 64 heavy (non-hydrogen) atoms. The number of amides is 1. The number of H-pyrrole nitrogens is 2. The van der Waals surface area contributed by atoms with Gasteiger partial charge in [-0.2, -0.15) is 8.62 Å². The van der Waals surface area contributed by atoms with Crippen molar-refractivity contribution in [1.29, 1.82) is 0 Å². The zero-order valence-corrected chi connectivity index (χ0v) is 38.6. The molecule has 1 amide bonds. The van der Waals surface area contributed by atoms with E-state index in [1.165, 1.54) is 18.3 Å². The van der Waals surface area contributed by atoms with Gasteiger partial charge in [-0.1, -0.05) is 44.3 Å². The molecular formula is C31H48BrN5O23P4. The van der Waals surface area contributed by atoms with Crippen LogP contribution in [-0.4, -0.2) is 110 Å². The van der Waals surface area contributed by atoms with Crippen LogP contribution in [0.5, 0.6) is 0 Å². The summed E-state index contributed by atoms with van der Waals surface area (Å²) in [5, 5.41) is 23.3. The lowest BCUT2D eigenvalue weighted by Gasteiger charge is -2.19. The molecule has 28 nitrogen and oxygen atoms in total.